The smallest absolute Gasteiger partial charge is 0.241 e. The van der Waals surface area contributed by atoms with E-state index in [1.807, 2.05) is 0 Å². The van der Waals surface area contributed by atoms with Crippen LogP contribution in [-0.2, 0) is 17.6 Å². The molecule has 1 saturated heterocycles. The molecule has 1 aromatic carbocycles. The molecule has 1 saturated carbocycles. The summed E-state index contributed by atoms with van der Waals surface area (Å²) in [6.07, 6.45) is 11.0. The maximum Gasteiger partial charge on any atom is 0.241 e. The van der Waals surface area contributed by atoms with Crippen molar-refractivity contribution < 1.29 is 4.79 Å². The van der Waals surface area contributed by atoms with Crippen molar-refractivity contribution in [3.63, 3.8) is 0 Å². The Hall–Kier alpha value is -1.35. The molecule has 0 bridgehead atoms. The van der Waals surface area contributed by atoms with Gasteiger partial charge in [0.05, 0.1) is 6.04 Å². The van der Waals surface area contributed by atoms with Gasteiger partial charge in [0.15, 0.2) is 0 Å². The van der Waals surface area contributed by atoms with Crippen molar-refractivity contribution in [2.24, 2.45) is 5.92 Å². The molecule has 1 heterocycles. The van der Waals surface area contributed by atoms with Crippen LogP contribution < -0.4 is 10.6 Å². The lowest BCUT2D eigenvalue weighted by molar-refractivity contribution is -0.117. The zero-order chi connectivity index (χ0) is 14.9. The lowest BCUT2D eigenvalue weighted by atomic mass is 9.85. The van der Waals surface area contributed by atoms with E-state index < -0.39 is 0 Å². The molecule has 3 nitrogen and oxygen atoms in total. The highest BCUT2D eigenvalue weighted by atomic mass is 16.2. The van der Waals surface area contributed by atoms with Gasteiger partial charge in [-0.05, 0) is 68.1 Å². The van der Waals surface area contributed by atoms with Crippen molar-refractivity contribution in [3.8, 4) is 0 Å². The minimum absolute atomic E-state index is 0.00699. The number of anilines is 1. The Morgan fingerprint density at radius 3 is 2.86 bits per heavy atom. The van der Waals surface area contributed by atoms with E-state index in [0.717, 1.165) is 24.9 Å². The molecule has 1 aromatic rings. The Bertz CT molecular complexity index is 555. The summed E-state index contributed by atoms with van der Waals surface area (Å²) in [6.45, 7) is 0. The molecule has 3 unspecified atom stereocenters. The summed E-state index contributed by atoms with van der Waals surface area (Å²) in [7, 11) is 0. The third-order valence-corrected chi connectivity index (χ3v) is 5.83. The van der Waals surface area contributed by atoms with E-state index in [1.165, 1.54) is 49.7 Å². The highest BCUT2D eigenvalue weighted by Gasteiger charge is 2.38. The van der Waals surface area contributed by atoms with Crippen molar-refractivity contribution >= 4 is 11.6 Å². The van der Waals surface area contributed by atoms with E-state index in [-0.39, 0.29) is 11.9 Å². The lowest BCUT2D eigenvalue weighted by Gasteiger charge is -2.24. The van der Waals surface area contributed by atoms with Crippen LogP contribution in [0.15, 0.2) is 18.2 Å². The molecular weight excluding hydrogens is 272 g/mol. The van der Waals surface area contributed by atoms with Crippen LogP contribution in [-0.4, -0.2) is 18.0 Å². The van der Waals surface area contributed by atoms with Gasteiger partial charge in [-0.2, -0.15) is 0 Å². The predicted molar refractivity (Wildman–Crippen MR) is 89.0 cm³/mol. The van der Waals surface area contributed by atoms with Gasteiger partial charge >= 0.3 is 0 Å². The van der Waals surface area contributed by atoms with Crippen molar-refractivity contribution in [2.75, 3.05) is 5.32 Å². The number of benzene rings is 1. The van der Waals surface area contributed by atoms with E-state index in [4.69, 9.17) is 0 Å². The molecule has 3 atom stereocenters. The summed E-state index contributed by atoms with van der Waals surface area (Å²) >= 11 is 0. The first kappa shape index (κ1) is 14.3. The van der Waals surface area contributed by atoms with Crippen LogP contribution in [0, 0.1) is 5.92 Å². The normalized spacial score (nSPS) is 30.5. The third-order valence-electron chi connectivity index (χ3n) is 5.83. The second kappa shape index (κ2) is 6.04. The number of carbonyl (C=O) groups is 1. The first-order valence-electron chi connectivity index (χ1n) is 8.99. The summed E-state index contributed by atoms with van der Waals surface area (Å²) in [5, 5.41) is 6.80. The Kier molecular flexibility index (Phi) is 3.91. The first-order valence-corrected chi connectivity index (χ1v) is 8.99. The molecule has 4 rings (SSSR count). The highest BCUT2D eigenvalue weighted by Crippen LogP contribution is 2.34. The lowest BCUT2D eigenvalue weighted by Crippen LogP contribution is -2.40. The van der Waals surface area contributed by atoms with Crippen molar-refractivity contribution in [2.45, 2.75) is 69.9 Å². The van der Waals surface area contributed by atoms with E-state index in [0.29, 0.717) is 12.0 Å². The van der Waals surface area contributed by atoms with Gasteiger partial charge in [-0.1, -0.05) is 25.0 Å². The van der Waals surface area contributed by atoms with Crippen LogP contribution in [0.4, 0.5) is 5.69 Å². The van der Waals surface area contributed by atoms with Crippen LogP contribution in [0.5, 0.6) is 0 Å². The molecule has 3 aliphatic rings. The van der Waals surface area contributed by atoms with Crippen molar-refractivity contribution in [1.82, 2.24) is 5.32 Å². The zero-order valence-corrected chi connectivity index (χ0v) is 13.2. The highest BCUT2D eigenvalue weighted by molar-refractivity contribution is 5.96. The molecule has 0 radical (unpaired) electrons. The standard InChI is InChI=1S/C19H26N2O/c22-19(18-12-14-7-2-4-10-16(14)20-18)21-17-11-5-8-13-6-1-3-9-15(13)17/h5,8,11,14,16,18,20H,1-4,6-7,9-10,12H2,(H,21,22). The number of amides is 1. The van der Waals surface area contributed by atoms with Gasteiger partial charge < -0.3 is 10.6 Å². The second-order valence-corrected chi connectivity index (χ2v) is 7.25. The maximum atomic E-state index is 12.7. The first-order chi connectivity index (χ1) is 10.8. The predicted octanol–water partition coefficient (Wildman–Crippen LogP) is 3.42. The fourth-order valence-electron chi connectivity index (χ4n) is 4.64. The molecule has 1 aliphatic heterocycles. The van der Waals surface area contributed by atoms with Gasteiger partial charge in [0.1, 0.15) is 0 Å². The van der Waals surface area contributed by atoms with E-state index in [2.05, 4.69) is 28.8 Å². The molecule has 2 aliphatic carbocycles. The summed E-state index contributed by atoms with van der Waals surface area (Å²) in [5.41, 5.74) is 3.86. The van der Waals surface area contributed by atoms with Crippen LogP contribution in [0.2, 0.25) is 0 Å². The maximum absolute atomic E-state index is 12.7. The van der Waals surface area contributed by atoms with E-state index >= 15 is 0 Å². The molecule has 2 N–H and O–H groups in total. The van der Waals surface area contributed by atoms with Gasteiger partial charge in [0, 0.05) is 11.7 Å². The number of hydrogen-bond donors (Lipinski definition) is 2. The van der Waals surface area contributed by atoms with Crippen LogP contribution in [0.1, 0.15) is 56.1 Å². The molecule has 1 amide bonds. The quantitative estimate of drug-likeness (QED) is 0.878. The number of carbonyl (C=O) groups excluding carboxylic acids is 1. The molecular formula is C19H26N2O. The zero-order valence-electron chi connectivity index (χ0n) is 13.2. The Morgan fingerprint density at radius 1 is 1.09 bits per heavy atom. The van der Waals surface area contributed by atoms with Gasteiger partial charge in [-0.3, -0.25) is 4.79 Å². The van der Waals surface area contributed by atoms with Crippen LogP contribution in [0.3, 0.4) is 0 Å². The largest absolute Gasteiger partial charge is 0.324 e. The monoisotopic (exact) mass is 298 g/mol. The fourth-order valence-corrected chi connectivity index (χ4v) is 4.64. The summed E-state index contributed by atoms with van der Waals surface area (Å²) < 4.78 is 0. The molecule has 0 aromatic heterocycles. The number of rotatable bonds is 2. The van der Waals surface area contributed by atoms with Crippen molar-refractivity contribution in [3.05, 3.63) is 29.3 Å². The minimum Gasteiger partial charge on any atom is -0.324 e. The number of nitrogens with one attached hydrogen (secondary N) is 2. The third kappa shape index (κ3) is 2.67. The average Bonchev–Trinajstić information content (AvgIpc) is 2.99. The van der Waals surface area contributed by atoms with Gasteiger partial charge in [-0.15, -0.1) is 0 Å². The Morgan fingerprint density at radius 2 is 1.95 bits per heavy atom. The fraction of sp³-hybridized carbons (Fsp3) is 0.632. The number of aryl methyl sites for hydroxylation is 1. The Labute approximate surface area is 132 Å². The SMILES string of the molecule is O=C(Nc1cccc2c1CCCC2)C1CC2CCCCC2N1. The summed E-state index contributed by atoms with van der Waals surface area (Å²) in [4.78, 5) is 12.7. The topological polar surface area (TPSA) is 41.1 Å². The van der Waals surface area contributed by atoms with Gasteiger partial charge in [-0.25, -0.2) is 0 Å². The molecule has 0 spiro atoms. The number of fused-ring (bicyclic) bond motifs is 2. The molecule has 118 valence electrons. The van der Waals surface area contributed by atoms with Gasteiger partial charge in [0.25, 0.3) is 0 Å². The molecule has 3 heteroatoms. The second-order valence-electron chi connectivity index (χ2n) is 7.25. The molecule has 22 heavy (non-hydrogen) atoms. The minimum atomic E-state index is 0.00699. The van der Waals surface area contributed by atoms with Gasteiger partial charge in [0.2, 0.25) is 5.91 Å². The van der Waals surface area contributed by atoms with Crippen LogP contribution >= 0.6 is 0 Å². The van der Waals surface area contributed by atoms with Crippen LogP contribution in [0.25, 0.3) is 0 Å². The van der Waals surface area contributed by atoms with Crippen molar-refractivity contribution in [1.29, 1.82) is 0 Å². The summed E-state index contributed by atoms with van der Waals surface area (Å²) in [5.74, 6) is 0.891. The average molecular weight is 298 g/mol. The molecule has 2 fully saturated rings. The Balaban J connectivity index is 1.46. The van der Waals surface area contributed by atoms with E-state index in [9.17, 15) is 4.79 Å². The van der Waals surface area contributed by atoms with E-state index in [1.54, 1.807) is 0 Å². The number of hydrogen-bond acceptors (Lipinski definition) is 2. The summed E-state index contributed by atoms with van der Waals surface area (Å²) in [6, 6.07) is 6.96.